The van der Waals surface area contributed by atoms with Gasteiger partial charge >= 0.3 is 6.18 Å². The molecule has 2 nitrogen and oxygen atoms in total. The molecule has 0 fully saturated rings. The fraction of sp³-hybridized carbons (Fsp3) is 0.314. The summed E-state index contributed by atoms with van der Waals surface area (Å²) in [5, 5.41) is 22.5. The van der Waals surface area contributed by atoms with Gasteiger partial charge < -0.3 is 10.2 Å². The number of alkyl halides is 3. The molecule has 40 heavy (non-hydrogen) atoms. The van der Waals surface area contributed by atoms with Crippen molar-refractivity contribution in [1.29, 1.82) is 0 Å². The van der Waals surface area contributed by atoms with E-state index in [0.717, 1.165) is 22.3 Å². The van der Waals surface area contributed by atoms with Crippen LogP contribution < -0.4 is 0 Å². The van der Waals surface area contributed by atoms with Crippen LogP contribution in [0, 0.1) is 48.5 Å². The lowest BCUT2D eigenvalue weighted by Gasteiger charge is -2.17. The van der Waals surface area contributed by atoms with Crippen LogP contribution in [-0.2, 0) is 25.4 Å². The molecule has 2 N–H and O–H groups in total. The molecular weight excluding hydrogens is 509 g/mol. The SMILES string of the molecule is Cc1cc(Cc2cc(C)c(C)c(C)c2)c(O)c(Cc2cc(C)cc(Cc3cc(C)c(C)c(C(F)(F)F)c3)c2O)c1. The summed E-state index contributed by atoms with van der Waals surface area (Å²) < 4.78 is 40.9. The number of hydrogen-bond acceptors (Lipinski definition) is 2. The highest BCUT2D eigenvalue weighted by molar-refractivity contribution is 5.53. The van der Waals surface area contributed by atoms with E-state index in [1.165, 1.54) is 29.7 Å². The molecule has 0 radical (unpaired) electrons. The van der Waals surface area contributed by atoms with Crippen molar-refractivity contribution in [2.75, 3.05) is 0 Å². The predicted octanol–water partition coefficient (Wildman–Crippen LogP) is 9.05. The van der Waals surface area contributed by atoms with Crippen molar-refractivity contribution in [1.82, 2.24) is 0 Å². The second-order valence-electron chi connectivity index (χ2n) is 11.3. The molecule has 0 heterocycles. The number of aromatic hydroxyl groups is 2. The third-order valence-corrected chi connectivity index (χ3v) is 8.01. The Bertz CT molecular complexity index is 1570. The van der Waals surface area contributed by atoms with Gasteiger partial charge in [0.1, 0.15) is 11.5 Å². The third-order valence-electron chi connectivity index (χ3n) is 8.01. The van der Waals surface area contributed by atoms with Crippen LogP contribution in [0.3, 0.4) is 0 Å². The average molecular weight is 547 g/mol. The molecule has 0 aliphatic heterocycles. The first kappa shape index (κ1) is 29.3. The van der Waals surface area contributed by atoms with Crippen molar-refractivity contribution in [3.05, 3.63) is 126 Å². The average Bonchev–Trinajstić information content (AvgIpc) is 2.84. The molecular formula is C35H37F3O2. The van der Waals surface area contributed by atoms with Crippen molar-refractivity contribution in [3.63, 3.8) is 0 Å². The number of hydrogen-bond donors (Lipinski definition) is 2. The van der Waals surface area contributed by atoms with Gasteiger partial charge in [-0.3, -0.25) is 0 Å². The van der Waals surface area contributed by atoms with E-state index < -0.39 is 11.7 Å². The summed E-state index contributed by atoms with van der Waals surface area (Å²) in [6.45, 7) is 13.3. The maximum absolute atomic E-state index is 13.6. The maximum Gasteiger partial charge on any atom is 0.416 e. The van der Waals surface area contributed by atoms with E-state index in [2.05, 4.69) is 32.9 Å². The van der Waals surface area contributed by atoms with Gasteiger partial charge in [0.2, 0.25) is 0 Å². The smallest absolute Gasteiger partial charge is 0.416 e. The van der Waals surface area contributed by atoms with Gasteiger partial charge in [-0.1, -0.05) is 53.6 Å². The Labute approximate surface area is 235 Å². The van der Waals surface area contributed by atoms with Crippen molar-refractivity contribution in [2.24, 2.45) is 0 Å². The van der Waals surface area contributed by atoms with Gasteiger partial charge in [0.25, 0.3) is 0 Å². The fourth-order valence-corrected chi connectivity index (χ4v) is 5.61. The topological polar surface area (TPSA) is 40.5 Å². The zero-order valence-electron chi connectivity index (χ0n) is 24.3. The Morgan fingerprint density at radius 1 is 0.500 bits per heavy atom. The van der Waals surface area contributed by atoms with Gasteiger partial charge in [-0.25, -0.2) is 0 Å². The second kappa shape index (κ2) is 11.0. The molecule has 0 aromatic heterocycles. The zero-order chi connectivity index (χ0) is 29.5. The molecule has 4 rings (SSSR count). The maximum atomic E-state index is 13.6. The van der Waals surface area contributed by atoms with E-state index in [-0.39, 0.29) is 23.5 Å². The quantitative estimate of drug-likeness (QED) is 0.253. The number of aryl methyl sites for hydroxylation is 5. The number of phenols is 2. The number of benzene rings is 4. The molecule has 0 spiro atoms. The van der Waals surface area contributed by atoms with E-state index in [1.807, 2.05) is 38.1 Å². The summed E-state index contributed by atoms with van der Waals surface area (Å²) in [6, 6.07) is 14.8. The van der Waals surface area contributed by atoms with Gasteiger partial charge in [0.15, 0.2) is 0 Å². The molecule has 0 amide bonds. The first-order valence-electron chi connectivity index (χ1n) is 13.5. The van der Waals surface area contributed by atoms with E-state index in [0.29, 0.717) is 40.7 Å². The number of halogens is 3. The Morgan fingerprint density at radius 2 is 0.850 bits per heavy atom. The molecule has 0 aliphatic carbocycles. The Hall–Kier alpha value is -3.73. The standard InChI is InChI=1S/C35H37F3O2/c1-19-8-28(15-26-12-21(3)24(6)22(4)13-26)33(39)30(10-19)18-31-11-20(2)9-29(34(31)40)16-27-14-23(5)25(7)32(17-27)35(36,37)38/h8-14,17,39-40H,15-16,18H2,1-7H3. The lowest BCUT2D eigenvalue weighted by Crippen LogP contribution is -2.10. The van der Waals surface area contributed by atoms with E-state index in [4.69, 9.17) is 0 Å². The summed E-state index contributed by atoms with van der Waals surface area (Å²) in [7, 11) is 0. The third kappa shape index (κ3) is 6.19. The fourth-order valence-electron chi connectivity index (χ4n) is 5.61. The van der Waals surface area contributed by atoms with Crippen molar-refractivity contribution >= 4 is 0 Å². The van der Waals surface area contributed by atoms with E-state index in [1.54, 1.807) is 13.0 Å². The molecule has 0 saturated heterocycles. The molecule has 210 valence electrons. The highest BCUT2D eigenvalue weighted by Gasteiger charge is 2.33. The minimum atomic E-state index is -4.44. The molecule has 0 saturated carbocycles. The first-order valence-corrected chi connectivity index (χ1v) is 13.5. The minimum absolute atomic E-state index is 0.0460. The molecule has 0 aliphatic rings. The van der Waals surface area contributed by atoms with Crippen LogP contribution in [0.25, 0.3) is 0 Å². The molecule has 0 unspecified atom stereocenters. The summed E-state index contributed by atoms with van der Waals surface area (Å²) in [5.74, 6) is 0.248. The Balaban J connectivity index is 1.68. The normalized spacial score (nSPS) is 11.8. The van der Waals surface area contributed by atoms with E-state index in [9.17, 15) is 23.4 Å². The van der Waals surface area contributed by atoms with Gasteiger partial charge in [-0.05, 0) is 116 Å². The highest BCUT2D eigenvalue weighted by atomic mass is 19.4. The van der Waals surface area contributed by atoms with Crippen molar-refractivity contribution < 1.29 is 23.4 Å². The van der Waals surface area contributed by atoms with E-state index >= 15 is 0 Å². The Kier molecular flexibility index (Phi) is 8.07. The number of phenolic OH excluding ortho intramolecular Hbond substituents is 2. The zero-order valence-corrected chi connectivity index (χ0v) is 24.3. The van der Waals surface area contributed by atoms with Crippen molar-refractivity contribution in [2.45, 2.75) is 73.9 Å². The predicted molar refractivity (Wildman–Crippen MR) is 156 cm³/mol. The molecule has 4 aromatic carbocycles. The van der Waals surface area contributed by atoms with Gasteiger partial charge in [-0.2, -0.15) is 13.2 Å². The highest BCUT2D eigenvalue weighted by Crippen LogP contribution is 2.37. The molecule has 0 bridgehead atoms. The summed E-state index contributed by atoms with van der Waals surface area (Å²) in [4.78, 5) is 0. The lowest BCUT2D eigenvalue weighted by molar-refractivity contribution is -0.138. The summed E-state index contributed by atoms with van der Waals surface area (Å²) in [5.41, 5.74) is 10.0. The van der Waals surface area contributed by atoms with Crippen LogP contribution in [-0.4, -0.2) is 10.2 Å². The summed E-state index contributed by atoms with van der Waals surface area (Å²) in [6.07, 6.45) is -3.39. The van der Waals surface area contributed by atoms with Crippen LogP contribution in [0.15, 0.2) is 48.5 Å². The monoisotopic (exact) mass is 546 g/mol. The van der Waals surface area contributed by atoms with Gasteiger partial charge in [0.05, 0.1) is 5.56 Å². The molecule has 0 atom stereocenters. The van der Waals surface area contributed by atoms with Crippen LogP contribution in [0.5, 0.6) is 11.5 Å². The van der Waals surface area contributed by atoms with Gasteiger partial charge in [-0.15, -0.1) is 0 Å². The molecule has 5 heteroatoms. The minimum Gasteiger partial charge on any atom is -0.507 e. The first-order chi connectivity index (χ1) is 18.6. The second-order valence-corrected chi connectivity index (χ2v) is 11.3. The van der Waals surface area contributed by atoms with Crippen molar-refractivity contribution in [3.8, 4) is 11.5 Å². The lowest BCUT2D eigenvalue weighted by atomic mass is 9.90. The number of rotatable bonds is 6. The molecule has 4 aromatic rings. The van der Waals surface area contributed by atoms with Gasteiger partial charge in [0, 0.05) is 19.3 Å². The Morgan fingerprint density at radius 3 is 1.25 bits per heavy atom. The van der Waals surface area contributed by atoms with Crippen LogP contribution in [0.4, 0.5) is 13.2 Å². The van der Waals surface area contributed by atoms with Crippen LogP contribution in [0.1, 0.15) is 77.9 Å². The summed E-state index contributed by atoms with van der Waals surface area (Å²) >= 11 is 0. The largest absolute Gasteiger partial charge is 0.507 e. The van der Waals surface area contributed by atoms with Crippen LogP contribution >= 0.6 is 0 Å². The van der Waals surface area contributed by atoms with Crippen LogP contribution in [0.2, 0.25) is 0 Å².